The molecule has 0 aliphatic carbocycles. The Morgan fingerprint density at radius 3 is 2.22 bits per heavy atom. The minimum absolute atomic E-state index is 0.304. The second-order valence-corrected chi connectivity index (χ2v) is 9.08. The maximum Gasteiger partial charge on any atom is 0.243 e. The highest BCUT2D eigenvalue weighted by Crippen LogP contribution is 2.38. The molecule has 0 saturated heterocycles. The van der Waals surface area contributed by atoms with E-state index in [1.807, 2.05) is 49.4 Å². The molecule has 1 aliphatic rings. The fourth-order valence-electron chi connectivity index (χ4n) is 3.82. The Bertz CT molecular complexity index is 1060. The molecule has 4 rings (SSSR count). The third kappa shape index (κ3) is 3.31. The van der Waals surface area contributed by atoms with E-state index in [1.54, 1.807) is 16.4 Å². The van der Waals surface area contributed by atoms with Crippen LogP contribution in [0.15, 0.2) is 77.7 Å². The van der Waals surface area contributed by atoms with Crippen LogP contribution in [-0.4, -0.2) is 19.3 Å². The second-order valence-electron chi connectivity index (χ2n) is 7.19. The van der Waals surface area contributed by atoms with E-state index < -0.39 is 10.0 Å². The Morgan fingerprint density at radius 1 is 0.852 bits per heavy atom. The van der Waals surface area contributed by atoms with Crippen LogP contribution in [0, 0.1) is 13.8 Å². The van der Waals surface area contributed by atoms with Gasteiger partial charge in [-0.05, 0) is 49.1 Å². The highest BCUT2D eigenvalue weighted by atomic mass is 32.2. The lowest BCUT2D eigenvalue weighted by atomic mass is 9.89. The lowest BCUT2D eigenvalue weighted by molar-refractivity contribution is 0.344. The summed E-state index contributed by atoms with van der Waals surface area (Å²) < 4.78 is 28.6. The lowest BCUT2D eigenvalue weighted by Gasteiger charge is -2.37. The molecule has 0 amide bonds. The summed E-state index contributed by atoms with van der Waals surface area (Å²) in [6.07, 6.45) is 0.728. The van der Waals surface area contributed by atoms with Gasteiger partial charge in [-0.3, -0.25) is 0 Å². The molecule has 3 aromatic carbocycles. The van der Waals surface area contributed by atoms with Crippen LogP contribution < -0.4 is 0 Å². The number of fused-ring (bicyclic) bond motifs is 1. The lowest BCUT2D eigenvalue weighted by Crippen LogP contribution is -2.40. The standard InChI is InChI=1S/C23H23NO2S/c1-17-8-11-21(12-9-17)27(25,26)24-15-14-20-16-18(2)10-13-22(20)23(24)19-6-4-3-5-7-19/h3-13,16,23H,14-15H2,1-2H3/t23-/m1/s1. The number of rotatable bonds is 3. The molecule has 0 bridgehead atoms. The summed E-state index contributed by atoms with van der Waals surface area (Å²) in [6.45, 7) is 4.52. The smallest absolute Gasteiger partial charge is 0.207 e. The Labute approximate surface area is 161 Å². The fourth-order valence-corrected chi connectivity index (χ4v) is 5.41. The molecule has 0 spiro atoms. The first-order valence-corrected chi connectivity index (χ1v) is 10.6. The first kappa shape index (κ1) is 18.0. The average molecular weight is 378 g/mol. The monoisotopic (exact) mass is 377 g/mol. The van der Waals surface area contributed by atoms with Crippen molar-refractivity contribution in [2.45, 2.75) is 31.2 Å². The highest BCUT2D eigenvalue weighted by Gasteiger charge is 2.37. The van der Waals surface area contributed by atoms with E-state index in [9.17, 15) is 8.42 Å². The summed E-state index contributed by atoms with van der Waals surface area (Å²) in [4.78, 5) is 0.351. The van der Waals surface area contributed by atoms with Gasteiger partial charge >= 0.3 is 0 Å². The van der Waals surface area contributed by atoms with Gasteiger partial charge in [-0.15, -0.1) is 0 Å². The van der Waals surface area contributed by atoms with Crippen molar-refractivity contribution in [2.24, 2.45) is 0 Å². The molecule has 1 heterocycles. The highest BCUT2D eigenvalue weighted by molar-refractivity contribution is 7.89. The van der Waals surface area contributed by atoms with Crippen molar-refractivity contribution in [1.82, 2.24) is 4.31 Å². The summed E-state index contributed by atoms with van der Waals surface area (Å²) in [5.41, 5.74) is 5.56. The largest absolute Gasteiger partial charge is 0.243 e. The number of benzene rings is 3. The van der Waals surface area contributed by atoms with Gasteiger partial charge in [0.15, 0.2) is 0 Å². The van der Waals surface area contributed by atoms with Crippen LogP contribution in [0.4, 0.5) is 0 Å². The van der Waals surface area contributed by atoms with Crippen LogP contribution in [0.5, 0.6) is 0 Å². The average Bonchev–Trinajstić information content (AvgIpc) is 2.68. The van der Waals surface area contributed by atoms with Gasteiger partial charge in [0.05, 0.1) is 10.9 Å². The molecule has 1 atom stereocenters. The summed E-state index contributed by atoms with van der Waals surface area (Å²) in [5.74, 6) is 0. The minimum Gasteiger partial charge on any atom is -0.207 e. The molecule has 1 aliphatic heterocycles. The normalized spacial score (nSPS) is 17.5. The first-order valence-electron chi connectivity index (χ1n) is 9.20. The SMILES string of the molecule is Cc1ccc(S(=O)(=O)N2CCc3cc(C)ccc3[C@H]2c2ccccc2)cc1. The third-order valence-corrected chi connectivity index (χ3v) is 7.10. The van der Waals surface area contributed by atoms with E-state index in [0.29, 0.717) is 11.4 Å². The van der Waals surface area contributed by atoms with Crippen LogP contribution >= 0.6 is 0 Å². The predicted molar refractivity (Wildman–Crippen MR) is 108 cm³/mol. The summed E-state index contributed by atoms with van der Waals surface area (Å²) in [6, 6.07) is 23.1. The van der Waals surface area contributed by atoms with Crippen molar-refractivity contribution in [2.75, 3.05) is 6.54 Å². The molecule has 4 heteroatoms. The van der Waals surface area contributed by atoms with Crippen LogP contribution in [0.3, 0.4) is 0 Å². The molecule has 0 N–H and O–H groups in total. The molecule has 0 radical (unpaired) electrons. The van der Waals surface area contributed by atoms with Crippen molar-refractivity contribution in [1.29, 1.82) is 0 Å². The van der Waals surface area contributed by atoms with Crippen LogP contribution in [-0.2, 0) is 16.4 Å². The zero-order chi connectivity index (χ0) is 19.0. The molecule has 0 fully saturated rings. The van der Waals surface area contributed by atoms with Gasteiger partial charge in [-0.2, -0.15) is 4.31 Å². The topological polar surface area (TPSA) is 37.4 Å². The summed E-state index contributed by atoms with van der Waals surface area (Å²) >= 11 is 0. The minimum atomic E-state index is -3.60. The van der Waals surface area contributed by atoms with Gasteiger partial charge in [0, 0.05) is 6.54 Å². The Kier molecular flexibility index (Phi) is 4.62. The van der Waals surface area contributed by atoms with Crippen molar-refractivity contribution in [3.8, 4) is 0 Å². The van der Waals surface area contributed by atoms with Gasteiger partial charge in [0.25, 0.3) is 0 Å². The summed E-state index contributed by atoms with van der Waals surface area (Å²) in [7, 11) is -3.60. The quantitative estimate of drug-likeness (QED) is 0.667. The van der Waals surface area contributed by atoms with Crippen molar-refractivity contribution in [3.63, 3.8) is 0 Å². The summed E-state index contributed by atoms with van der Waals surface area (Å²) in [5, 5.41) is 0. The van der Waals surface area contributed by atoms with E-state index in [1.165, 1.54) is 11.1 Å². The number of nitrogens with zero attached hydrogens (tertiary/aromatic N) is 1. The molecule has 0 aromatic heterocycles. The zero-order valence-electron chi connectivity index (χ0n) is 15.6. The van der Waals surface area contributed by atoms with Gasteiger partial charge in [0.2, 0.25) is 10.0 Å². The Hall–Kier alpha value is -2.43. The maximum atomic E-state index is 13.5. The number of hydrogen-bond acceptors (Lipinski definition) is 2. The molecule has 138 valence electrons. The van der Waals surface area contributed by atoms with Crippen molar-refractivity contribution in [3.05, 3.63) is 101 Å². The molecule has 3 aromatic rings. The van der Waals surface area contributed by atoms with Crippen LogP contribution in [0.1, 0.15) is 33.9 Å². The van der Waals surface area contributed by atoms with Gasteiger partial charge in [-0.25, -0.2) is 8.42 Å². The molecule has 3 nitrogen and oxygen atoms in total. The third-order valence-electron chi connectivity index (χ3n) is 5.23. The zero-order valence-corrected chi connectivity index (χ0v) is 16.4. The van der Waals surface area contributed by atoms with Crippen molar-refractivity contribution >= 4 is 10.0 Å². The Balaban J connectivity index is 1.86. The van der Waals surface area contributed by atoms with Gasteiger partial charge < -0.3 is 0 Å². The van der Waals surface area contributed by atoms with E-state index >= 15 is 0 Å². The predicted octanol–water partition coefficient (Wildman–Crippen LogP) is 4.64. The second kappa shape index (κ2) is 6.95. The number of hydrogen-bond donors (Lipinski definition) is 0. The van der Waals surface area contributed by atoms with E-state index in [-0.39, 0.29) is 6.04 Å². The first-order chi connectivity index (χ1) is 13.0. The van der Waals surface area contributed by atoms with Gasteiger partial charge in [-0.1, -0.05) is 71.8 Å². The number of aryl methyl sites for hydroxylation is 2. The van der Waals surface area contributed by atoms with Crippen LogP contribution in [0.25, 0.3) is 0 Å². The molecule has 0 unspecified atom stereocenters. The van der Waals surface area contributed by atoms with Crippen LogP contribution in [0.2, 0.25) is 0 Å². The van der Waals surface area contributed by atoms with E-state index in [0.717, 1.165) is 23.1 Å². The molecular weight excluding hydrogens is 354 g/mol. The van der Waals surface area contributed by atoms with E-state index in [2.05, 4.69) is 25.1 Å². The molecule has 0 saturated carbocycles. The maximum absolute atomic E-state index is 13.5. The number of sulfonamides is 1. The molecule has 27 heavy (non-hydrogen) atoms. The van der Waals surface area contributed by atoms with Crippen molar-refractivity contribution < 1.29 is 8.42 Å². The fraction of sp³-hybridized carbons (Fsp3) is 0.217. The van der Waals surface area contributed by atoms with E-state index in [4.69, 9.17) is 0 Å². The molecular formula is C23H23NO2S. The Morgan fingerprint density at radius 2 is 1.52 bits per heavy atom. The van der Waals surface area contributed by atoms with Gasteiger partial charge in [0.1, 0.15) is 0 Å².